The molecule has 0 fully saturated rings. The maximum Gasteiger partial charge on any atom is 0.319 e. The number of aliphatic hydroxyl groups excluding tert-OH is 1. The van der Waals surface area contributed by atoms with E-state index in [0.29, 0.717) is 36.0 Å². The van der Waals surface area contributed by atoms with E-state index >= 15 is 0 Å². The number of hydrogen-bond acceptors (Lipinski definition) is 3. The minimum Gasteiger partial charge on any atom is -0.489 e. The largest absolute Gasteiger partial charge is 0.489 e. The Kier molecular flexibility index (Phi) is 6.72. The Labute approximate surface area is 140 Å². The van der Waals surface area contributed by atoms with Gasteiger partial charge in [0.1, 0.15) is 12.4 Å². The highest BCUT2D eigenvalue weighted by atomic mass is 35.5. The standard InChI is InChI=1S/C17H19ClN2O3/c18-14-7-5-13(6-8-14)12-23-16-4-1-3-15(11-16)20-17(22)19-9-2-10-21/h1,3-8,11,21H,2,9-10,12H2,(H2,19,20,22). The fourth-order valence-corrected chi connectivity index (χ4v) is 1.99. The van der Waals surface area contributed by atoms with Gasteiger partial charge in [-0.05, 0) is 36.2 Å². The fourth-order valence-electron chi connectivity index (χ4n) is 1.87. The quantitative estimate of drug-likeness (QED) is 0.679. The van der Waals surface area contributed by atoms with Crippen molar-refractivity contribution in [2.24, 2.45) is 0 Å². The van der Waals surface area contributed by atoms with Gasteiger partial charge in [0.2, 0.25) is 0 Å². The minimum atomic E-state index is -0.312. The number of carbonyl (C=O) groups excluding carboxylic acids is 1. The summed E-state index contributed by atoms with van der Waals surface area (Å²) in [6.45, 7) is 0.896. The number of urea groups is 1. The van der Waals surface area contributed by atoms with Gasteiger partial charge in [0.15, 0.2) is 0 Å². The molecular weight excluding hydrogens is 316 g/mol. The van der Waals surface area contributed by atoms with E-state index in [9.17, 15) is 4.79 Å². The molecule has 0 aliphatic carbocycles. The van der Waals surface area contributed by atoms with Gasteiger partial charge in [0, 0.05) is 29.9 Å². The Morgan fingerprint density at radius 3 is 2.70 bits per heavy atom. The van der Waals surface area contributed by atoms with Crippen molar-refractivity contribution >= 4 is 23.3 Å². The van der Waals surface area contributed by atoms with Crippen LogP contribution < -0.4 is 15.4 Å². The van der Waals surface area contributed by atoms with Crippen LogP contribution in [0.3, 0.4) is 0 Å². The van der Waals surface area contributed by atoms with Crippen molar-refractivity contribution in [1.29, 1.82) is 0 Å². The van der Waals surface area contributed by atoms with Crippen molar-refractivity contribution in [1.82, 2.24) is 5.32 Å². The first-order chi connectivity index (χ1) is 11.2. The molecule has 122 valence electrons. The van der Waals surface area contributed by atoms with Gasteiger partial charge in [-0.15, -0.1) is 0 Å². The lowest BCUT2D eigenvalue weighted by Gasteiger charge is -2.10. The molecule has 2 amide bonds. The zero-order valence-electron chi connectivity index (χ0n) is 12.6. The number of hydrogen-bond donors (Lipinski definition) is 3. The Morgan fingerprint density at radius 2 is 1.96 bits per heavy atom. The predicted molar refractivity (Wildman–Crippen MR) is 91.0 cm³/mol. The van der Waals surface area contributed by atoms with Gasteiger partial charge in [-0.2, -0.15) is 0 Å². The fraction of sp³-hybridized carbons (Fsp3) is 0.235. The summed E-state index contributed by atoms with van der Waals surface area (Å²) in [7, 11) is 0. The first-order valence-electron chi connectivity index (χ1n) is 7.30. The van der Waals surface area contributed by atoms with Crippen LogP contribution in [-0.4, -0.2) is 24.3 Å². The summed E-state index contributed by atoms with van der Waals surface area (Å²) >= 11 is 5.84. The summed E-state index contributed by atoms with van der Waals surface area (Å²) in [5, 5.41) is 14.7. The van der Waals surface area contributed by atoms with Crippen molar-refractivity contribution in [3.63, 3.8) is 0 Å². The predicted octanol–water partition coefficient (Wildman–Crippen LogP) is 3.42. The van der Waals surface area contributed by atoms with E-state index in [4.69, 9.17) is 21.4 Å². The summed E-state index contributed by atoms with van der Waals surface area (Å²) in [6, 6.07) is 14.3. The van der Waals surface area contributed by atoms with E-state index in [1.165, 1.54) is 0 Å². The van der Waals surface area contributed by atoms with Gasteiger partial charge in [-0.25, -0.2) is 4.79 Å². The molecule has 0 aliphatic rings. The third-order valence-electron chi connectivity index (χ3n) is 3.03. The van der Waals surface area contributed by atoms with Gasteiger partial charge in [0.25, 0.3) is 0 Å². The van der Waals surface area contributed by atoms with Gasteiger partial charge in [-0.3, -0.25) is 0 Å². The van der Waals surface area contributed by atoms with Crippen LogP contribution in [0.5, 0.6) is 5.75 Å². The zero-order chi connectivity index (χ0) is 16.5. The molecule has 23 heavy (non-hydrogen) atoms. The van der Waals surface area contributed by atoms with E-state index in [1.807, 2.05) is 30.3 Å². The molecule has 0 heterocycles. The summed E-state index contributed by atoms with van der Waals surface area (Å²) in [4.78, 5) is 11.7. The number of nitrogens with one attached hydrogen (secondary N) is 2. The second-order valence-corrected chi connectivity index (χ2v) is 5.34. The average molecular weight is 335 g/mol. The molecule has 3 N–H and O–H groups in total. The van der Waals surface area contributed by atoms with Crippen molar-refractivity contribution in [2.45, 2.75) is 13.0 Å². The minimum absolute atomic E-state index is 0.0499. The van der Waals surface area contributed by atoms with E-state index in [0.717, 1.165) is 5.56 Å². The molecule has 0 aliphatic heterocycles. The van der Waals surface area contributed by atoms with Gasteiger partial charge in [-0.1, -0.05) is 29.8 Å². The first kappa shape index (κ1) is 17.1. The molecule has 0 bridgehead atoms. The van der Waals surface area contributed by atoms with Crippen LogP contribution in [0.2, 0.25) is 5.02 Å². The van der Waals surface area contributed by atoms with Crippen molar-refractivity contribution in [3.05, 3.63) is 59.1 Å². The Hall–Kier alpha value is -2.24. The molecule has 5 nitrogen and oxygen atoms in total. The normalized spacial score (nSPS) is 10.2. The highest BCUT2D eigenvalue weighted by Gasteiger charge is 2.03. The van der Waals surface area contributed by atoms with E-state index in [2.05, 4.69) is 10.6 Å². The molecule has 0 aromatic heterocycles. The third-order valence-corrected chi connectivity index (χ3v) is 3.28. The second kappa shape index (κ2) is 9.02. The number of carbonyl (C=O) groups is 1. The van der Waals surface area contributed by atoms with Crippen LogP contribution in [0.4, 0.5) is 10.5 Å². The first-order valence-corrected chi connectivity index (χ1v) is 7.68. The van der Waals surface area contributed by atoms with Crippen LogP contribution >= 0.6 is 11.6 Å². The van der Waals surface area contributed by atoms with E-state index < -0.39 is 0 Å². The van der Waals surface area contributed by atoms with Gasteiger partial charge in [0.05, 0.1) is 0 Å². The van der Waals surface area contributed by atoms with Crippen LogP contribution in [0.25, 0.3) is 0 Å². The molecule has 6 heteroatoms. The van der Waals surface area contributed by atoms with Crippen LogP contribution in [0.15, 0.2) is 48.5 Å². The topological polar surface area (TPSA) is 70.6 Å². The van der Waals surface area contributed by atoms with Crippen LogP contribution in [0, 0.1) is 0 Å². The Balaban J connectivity index is 1.86. The molecule has 0 saturated carbocycles. The molecule has 2 rings (SSSR count). The van der Waals surface area contributed by atoms with Gasteiger partial charge >= 0.3 is 6.03 Å². The molecule has 0 saturated heterocycles. The molecule has 2 aromatic rings. The Bertz CT molecular complexity index is 632. The molecule has 0 unspecified atom stereocenters. The summed E-state index contributed by atoms with van der Waals surface area (Å²) < 4.78 is 5.70. The van der Waals surface area contributed by atoms with Crippen LogP contribution in [-0.2, 0) is 6.61 Å². The molecule has 2 aromatic carbocycles. The number of aliphatic hydroxyl groups is 1. The molecule has 0 radical (unpaired) electrons. The number of rotatable bonds is 7. The molecular formula is C17H19ClN2O3. The van der Waals surface area contributed by atoms with E-state index in [1.54, 1.807) is 18.2 Å². The Morgan fingerprint density at radius 1 is 1.17 bits per heavy atom. The van der Waals surface area contributed by atoms with E-state index in [-0.39, 0.29) is 12.6 Å². The summed E-state index contributed by atoms with van der Waals surface area (Å²) in [5.41, 5.74) is 1.65. The number of ether oxygens (including phenoxy) is 1. The maximum atomic E-state index is 11.7. The maximum absolute atomic E-state index is 11.7. The summed E-state index contributed by atoms with van der Waals surface area (Å²) in [6.07, 6.45) is 0.525. The lowest BCUT2D eigenvalue weighted by Crippen LogP contribution is -2.29. The lowest BCUT2D eigenvalue weighted by molar-refractivity contribution is 0.249. The molecule has 0 spiro atoms. The number of halogens is 1. The van der Waals surface area contributed by atoms with Crippen molar-refractivity contribution in [2.75, 3.05) is 18.5 Å². The number of anilines is 1. The van der Waals surface area contributed by atoms with Gasteiger partial charge < -0.3 is 20.5 Å². The highest BCUT2D eigenvalue weighted by Crippen LogP contribution is 2.19. The monoisotopic (exact) mass is 334 g/mol. The lowest BCUT2D eigenvalue weighted by atomic mass is 10.2. The average Bonchev–Trinajstić information content (AvgIpc) is 2.55. The molecule has 0 atom stereocenters. The smallest absolute Gasteiger partial charge is 0.319 e. The zero-order valence-corrected chi connectivity index (χ0v) is 13.3. The number of benzene rings is 2. The van der Waals surface area contributed by atoms with Crippen LogP contribution in [0.1, 0.15) is 12.0 Å². The third kappa shape index (κ3) is 6.18. The van der Waals surface area contributed by atoms with Crippen molar-refractivity contribution in [3.8, 4) is 5.75 Å². The highest BCUT2D eigenvalue weighted by molar-refractivity contribution is 6.30. The van der Waals surface area contributed by atoms with Crippen molar-refractivity contribution < 1.29 is 14.6 Å². The second-order valence-electron chi connectivity index (χ2n) is 4.90. The number of amides is 2. The SMILES string of the molecule is O=C(NCCCO)Nc1cccc(OCc2ccc(Cl)cc2)c1. The summed E-state index contributed by atoms with van der Waals surface area (Å²) in [5.74, 6) is 0.660.